The standard InChI is InChI=1S/C27H27ClF5N9O/c1-40-24-23(28)21(43-20(11-34)19-12-35-4-5-36-19)13-37-25(24)39-26(40)38-17-3-2-16(18(10-17)27(31,32)33)14-41-6-8-42(9-7-41)15-22(29)30/h2-5,10-13,22H,6-9,14-15,34H2,1H3,(H,37,38,39). The van der Waals surface area contributed by atoms with Gasteiger partial charge >= 0.3 is 6.18 Å². The topological polar surface area (TPSA) is 110 Å². The lowest BCUT2D eigenvalue weighted by Gasteiger charge is -2.34. The minimum atomic E-state index is -4.62. The number of benzene rings is 1. The van der Waals surface area contributed by atoms with E-state index in [1.54, 1.807) is 16.5 Å². The average Bonchev–Trinajstić information content (AvgIpc) is 3.29. The first-order valence-corrected chi connectivity index (χ1v) is 13.5. The molecule has 0 saturated carbocycles. The minimum Gasteiger partial charge on any atom is -0.450 e. The zero-order chi connectivity index (χ0) is 30.7. The van der Waals surface area contributed by atoms with Crippen LogP contribution in [0.1, 0.15) is 16.8 Å². The lowest BCUT2D eigenvalue weighted by molar-refractivity contribution is -0.138. The van der Waals surface area contributed by atoms with Gasteiger partial charge in [-0.1, -0.05) is 17.7 Å². The summed E-state index contributed by atoms with van der Waals surface area (Å²) in [5, 5.41) is 3.07. The van der Waals surface area contributed by atoms with Gasteiger partial charge in [0.1, 0.15) is 16.2 Å². The lowest BCUT2D eigenvalue weighted by Crippen LogP contribution is -2.47. The maximum absolute atomic E-state index is 14.1. The fraction of sp³-hybridized carbons (Fsp3) is 0.333. The SMILES string of the molecule is Cn1c(Nc2ccc(CN3CCN(CC(F)F)CC3)c(C(F)(F)F)c2)nc2ncc(OC(=CN)c3cnccn3)c(Cl)c21. The predicted octanol–water partition coefficient (Wildman–Crippen LogP) is 4.89. The third kappa shape index (κ3) is 6.95. The number of fused-ring (bicyclic) bond motifs is 1. The van der Waals surface area contributed by atoms with Crippen LogP contribution in [0.4, 0.5) is 33.6 Å². The number of anilines is 2. The molecule has 16 heteroatoms. The number of alkyl halides is 5. The van der Waals surface area contributed by atoms with Crippen molar-refractivity contribution in [2.75, 3.05) is 38.0 Å². The van der Waals surface area contributed by atoms with E-state index in [0.717, 1.165) is 6.07 Å². The lowest BCUT2D eigenvalue weighted by atomic mass is 10.0. The largest absolute Gasteiger partial charge is 0.450 e. The van der Waals surface area contributed by atoms with Gasteiger partial charge in [0.25, 0.3) is 6.43 Å². The smallest absolute Gasteiger partial charge is 0.416 e. The van der Waals surface area contributed by atoms with E-state index >= 15 is 0 Å². The van der Waals surface area contributed by atoms with Crippen LogP contribution in [0.5, 0.6) is 5.75 Å². The van der Waals surface area contributed by atoms with Crippen molar-refractivity contribution in [3.8, 4) is 5.75 Å². The first-order valence-electron chi connectivity index (χ1n) is 13.1. The third-order valence-electron chi connectivity index (χ3n) is 6.92. The van der Waals surface area contributed by atoms with Gasteiger partial charge in [-0.25, -0.2) is 18.7 Å². The van der Waals surface area contributed by atoms with Crippen molar-refractivity contribution in [2.45, 2.75) is 19.1 Å². The zero-order valence-electron chi connectivity index (χ0n) is 22.8. The third-order valence-corrected chi connectivity index (χ3v) is 7.28. The summed E-state index contributed by atoms with van der Waals surface area (Å²) in [5.41, 5.74) is 6.12. The number of aromatic nitrogens is 5. The number of hydrogen-bond donors (Lipinski definition) is 2. The summed E-state index contributed by atoms with van der Waals surface area (Å²) in [6.45, 7) is 1.22. The molecule has 3 aromatic heterocycles. The van der Waals surface area contributed by atoms with Crippen LogP contribution in [0.2, 0.25) is 5.02 Å². The highest BCUT2D eigenvalue weighted by Gasteiger charge is 2.34. The average molecular weight is 624 g/mol. The van der Waals surface area contributed by atoms with Crippen LogP contribution in [-0.4, -0.2) is 73.5 Å². The summed E-state index contributed by atoms with van der Waals surface area (Å²) in [6.07, 6.45) is -0.0790. The molecular formula is C27H27ClF5N9O. The maximum Gasteiger partial charge on any atom is 0.416 e. The number of rotatable bonds is 9. The molecule has 3 N–H and O–H groups in total. The Kier molecular flexibility index (Phi) is 8.94. The Morgan fingerprint density at radius 2 is 1.86 bits per heavy atom. The maximum atomic E-state index is 14.1. The number of halogens is 6. The van der Waals surface area contributed by atoms with Gasteiger partial charge in [0, 0.05) is 64.1 Å². The fourth-order valence-electron chi connectivity index (χ4n) is 4.76. The molecule has 1 fully saturated rings. The number of ether oxygens (including phenoxy) is 1. The number of nitrogens with one attached hydrogen (secondary N) is 1. The number of aryl methyl sites for hydroxylation is 1. The molecule has 0 spiro atoms. The van der Waals surface area contributed by atoms with Crippen molar-refractivity contribution in [1.29, 1.82) is 0 Å². The number of nitrogens with two attached hydrogens (primary N) is 1. The molecule has 0 amide bonds. The molecule has 4 aromatic rings. The monoisotopic (exact) mass is 623 g/mol. The van der Waals surface area contributed by atoms with E-state index in [-0.39, 0.29) is 52.5 Å². The number of pyridine rings is 1. The quantitative estimate of drug-likeness (QED) is 0.199. The first kappa shape index (κ1) is 30.4. The van der Waals surface area contributed by atoms with Gasteiger partial charge in [-0.15, -0.1) is 0 Å². The number of hydrogen-bond acceptors (Lipinski definition) is 9. The van der Waals surface area contributed by atoms with Crippen molar-refractivity contribution in [3.05, 3.63) is 71.0 Å². The Hall–Kier alpha value is -4.08. The van der Waals surface area contributed by atoms with Crippen molar-refractivity contribution in [2.24, 2.45) is 12.8 Å². The summed E-state index contributed by atoms with van der Waals surface area (Å²) < 4.78 is 75.0. The van der Waals surface area contributed by atoms with E-state index in [0.29, 0.717) is 37.4 Å². The van der Waals surface area contributed by atoms with E-state index in [4.69, 9.17) is 22.1 Å². The molecule has 1 saturated heterocycles. The second-order valence-electron chi connectivity index (χ2n) is 9.79. The number of nitrogens with zero attached hydrogens (tertiary/aromatic N) is 7. The van der Waals surface area contributed by atoms with Gasteiger partial charge in [0.05, 0.1) is 24.5 Å². The molecule has 4 heterocycles. The summed E-state index contributed by atoms with van der Waals surface area (Å²) in [4.78, 5) is 20.2. The molecule has 10 nitrogen and oxygen atoms in total. The van der Waals surface area contributed by atoms with Gasteiger partial charge in [-0.05, 0) is 17.7 Å². The van der Waals surface area contributed by atoms with Gasteiger partial charge in [-0.3, -0.25) is 14.8 Å². The van der Waals surface area contributed by atoms with Gasteiger partial charge in [0.2, 0.25) is 5.95 Å². The number of imidazole rings is 1. The summed E-state index contributed by atoms with van der Waals surface area (Å²) in [6, 6.07) is 3.95. The van der Waals surface area contributed by atoms with Crippen LogP contribution in [-0.2, 0) is 19.8 Å². The Morgan fingerprint density at radius 1 is 1.12 bits per heavy atom. The Bertz CT molecular complexity index is 1610. The molecule has 43 heavy (non-hydrogen) atoms. The van der Waals surface area contributed by atoms with Crippen LogP contribution in [0.25, 0.3) is 16.9 Å². The Labute approximate surface area is 247 Å². The second-order valence-corrected chi connectivity index (χ2v) is 10.2. The molecule has 0 aliphatic carbocycles. The van der Waals surface area contributed by atoms with Crippen LogP contribution in [0, 0.1) is 0 Å². The molecule has 1 aromatic carbocycles. The Balaban J connectivity index is 1.36. The first-order chi connectivity index (χ1) is 20.5. The fourth-order valence-corrected chi connectivity index (χ4v) is 5.06. The summed E-state index contributed by atoms with van der Waals surface area (Å²) in [5.74, 6) is 0.539. The van der Waals surface area contributed by atoms with E-state index in [1.807, 2.05) is 4.90 Å². The van der Waals surface area contributed by atoms with Crippen LogP contribution in [0.3, 0.4) is 0 Å². The van der Waals surface area contributed by atoms with Gasteiger partial charge < -0.3 is 20.4 Å². The number of piperazine rings is 1. The molecule has 5 rings (SSSR count). The molecule has 0 unspecified atom stereocenters. The predicted molar refractivity (Wildman–Crippen MR) is 151 cm³/mol. The van der Waals surface area contributed by atoms with Gasteiger partial charge in [-0.2, -0.15) is 18.2 Å². The van der Waals surface area contributed by atoms with Crippen molar-refractivity contribution in [3.63, 3.8) is 0 Å². The van der Waals surface area contributed by atoms with E-state index in [9.17, 15) is 22.0 Å². The minimum absolute atomic E-state index is 0.0417. The van der Waals surface area contributed by atoms with Crippen molar-refractivity contribution >= 4 is 40.2 Å². The van der Waals surface area contributed by atoms with E-state index < -0.39 is 18.2 Å². The van der Waals surface area contributed by atoms with Gasteiger partial charge in [0.15, 0.2) is 17.2 Å². The van der Waals surface area contributed by atoms with E-state index in [2.05, 4.69) is 25.3 Å². The highest BCUT2D eigenvalue weighted by Crippen LogP contribution is 2.37. The van der Waals surface area contributed by atoms with Crippen LogP contribution in [0.15, 0.2) is 49.2 Å². The second kappa shape index (κ2) is 12.7. The molecule has 228 valence electrons. The van der Waals surface area contributed by atoms with Crippen molar-refractivity contribution < 1.29 is 26.7 Å². The molecule has 0 bridgehead atoms. The summed E-state index contributed by atoms with van der Waals surface area (Å²) in [7, 11) is 1.63. The molecular weight excluding hydrogens is 597 g/mol. The van der Waals surface area contributed by atoms with Crippen LogP contribution < -0.4 is 15.8 Å². The molecule has 1 aliphatic rings. The zero-order valence-corrected chi connectivity index (χ0v) is 23.6. The normalized spacial score (nSPS) is 15.4. The van der Waals surface area contributed by atoms with E-state index in [1.165, 1.54) is 43.1 Å². The molecule has 0 atom stereocenters. The highest BCUT2D eigenvalue weighted by molar-refractivity contribution is 6.36. The highest BCUT2D eigenvalue weighted by atomic mass is 35.5. The Morgan fingerprint density at radius 3 is 2.51 bits per heavy atom. The molecule has 0 radical (unpaired) electrons. The molecule has 1 aliphatic heterocycles. The van der Waals surface area contributed by atoms with Crippen molar-refractivity contribution in [1.82, 2.24) is 34.3 Å². The summed E-state index contributed by atoms with van der Waals surface area (Å²) >= 11 is 6.63. The van der Waals surface area contributed by atoms with Crippen LogP contribution >= 0.6 is 11.6 Å².